The second-order valence-electron chi connectivity index (χ2n) is 2.27. The van der Waals surface area contributed by atoms with Crippen molar-refractivity contribution in [3.63, 3.8) is 0 Å². The highest BCUT2D eigenvalue weighted by Gasteiger charge is 2.34. The minimum atomic E-state index is -0.343. The lowest BCUT2D eigenvalue weighted by molar-refractivity contribution is -0.178. The van der Waals surface area contributed by atoms with Crippen LogP contribution in [0.1, 0.15) is 13.3 Å². The number of β-lactam (4-membered cyclic amide) rings is 1. The van der Waals surface area contributed by atoms with Gasteiger partial charge in [-0.1, -0.05) is 0 Å². The molecular weight excluding hydrogens is 134 g/mol. The van der Waals surface area contributed by atoms with E-state index < -0.39 is 0 Å². The van der Waals surface area contributed by atoms with Crippen LogP contribution in [0.15, 0.2) is 0 Å². The normalized spacial score (nSPS) is 24.0. The third kappa shape index (κ3) is 1.10. The average molecular weight is 143 g/mol. The Morgan fingerprint density at radius 3 is 2.70 bits per heavy atom. The molecule has 0 spiro atoms. The van der Waals surface area contributed by atoms with Crippen LogP contribution in [0.3, 0.4) is 0 Å². The first-order valence-electron chi connectivity index (χ1n) is 3.04. The van der Waals surface area contributed by atoms with E-state index in [0.717, 1.165) is 0 Å². The standard InChI is InChI=1S/C6H9NO3/c1-4(8)10-6-3-5(9)7(6)2/h6H,3H2,1-2H3. The predicted molar refractivity (Wildman–Crippen MR) is 32.9 cm³/mol. The van der Waals surface area contributed by atoms with E-state index in [-0.39, 0.29) is 18.1 Å². The molecule has 1 saturated heterocycles. The minimum Gasteiger partial charge on any atom is -0.441 e. The van der Waals surface area contributed by atoms with Crippen LogP contribution in [0.2, 0.25) is 0 Å². The number of esters is 1. The fraction of sp³-hybridized carbons (Fsp3) is 0.667. The Kier molecular flexibility index (Phi) is 1.61. The van der Waals surface area contributed by atoms with E-state index in [2.05, 4.69) is 0 Å². The van der Waals surface area contributed by atoms with Crippen molar-refractivity contribution >= 4 is 11.9 Å². The highest BCUT2D eigenvalue weighted by Crippen LogP contribution is 2.16. The molecule has 1 fully saturated rings. The summed E-state index contributed by atoms with van der Waals surface area (Å²) < 4.78 is 4.73. The molecule has 0 aliphatic carbocycles. The van der Waals surface area contributed by atoms with Crippen LogP contribution in [-0.2, 0) is 14.3 Å². The number of likely N-dealkylation sites (tertiary alicyclic amines) is 1. The van der Waals surface area contributed by atoms with Gasteiger partial charge >= 0.3 is 5.97 Å². The molecule has 1 amide bonds. The van der Waals surface area contributed by atoms with Gasteiger partial charge in [0.05, 0.1) is 6.42 Å². The molecule has 1 atom stereocenters. The molecule has 4 heteroatoms. The van der Waals surface area contributed by atoms with E-state index >= 15 is 0 Å². The van der Waals surface area contributed by atoms with Crippen molar-refractivity contribution in [1.82, 2.24) is 4.90 Å². The number of carbonyl (C=O) groups is 2. The molecule has 4 nitrogen and oxygen atoms in total. The number of hydrogen-bond donors (Lipinski definition) is 0. The summed E-state index contributed by atoms with van der Waals surface area (Å²) in [6, 6.07) is 0. The lowest BCUT2D eigenvalue weighted by Crippen LogP contribution is -2.51. The van der Waals surface area contributed by atoms with E-state index in [1.165, 1.54) is 11.8 Å². The van der Waals surface area contributed by atoms with Crippen molar-refractivity contribution in [2.75, 3.05) is 7.05 Å². The van der Waals surface area contributed by atoms with Gasteiger partial charge < -0.3 is 9.64 Å². The summed E-state index contributed by atoms with van der Waals surface area (Å²) in [5, 5.41) is 0. The number of rotatable bonds is 1. The lowest BCUT2D eigenvalue weighted by atomic mass is 10.2. The number of amides is 1. The number of carbonyl (C=O) groups excluding carboxylic acids is 2. The van der Waals surface area contributed by atoms with Gasteiger partial charge in [-0.25, -0.2) is 0 Å². The van der Waals surface area contributed by atoms with Gasteiger partial charge in [-0.15, -0.1) is 0 Å². The van der Waals surface area contributed by atoms with Crippen molar-refractivity contribution in [1.29, 1.82) is 0 Å². The number of hydrogen-bond acceptors (Lipinski definition) is 3. The van der Waals surface area contributed by atoms with Crippen LogP contribution < -0.4 is 0 Å². The van der Waals surface area contributed by atoms with Crippen molar-refractivity contribution < 1.29 is 14.3 Å². The van der Waals surface area contributed by atoms with Gasteiger partial charge in [-0.2, -0.15) is 0 Å². The maximum Gasteiger partial charge on any atom is 0.304 e. The van der Waals surface area contributed by atoms with Crippen LogP contribution in [-0.4, -0.2) is 30.1 Å². The average Bonchev–Trinajstić information content (AvgIpc) is 1.86. The fourth-order valence-corrected chi connectivity index (χ4v) is 0.791. The number of ether oxygens (including phenoxy) is 1. The third-order valence-electron chi connectivity index (χ3n) is 1.48. The molecule has 1 aliphatic heterocycles. The summed E-state index contributed by atoms with van der Waals surface area (Å²) in [5.41, 5.74) is 0. The molecule has 0 aromatic heterocycles. The molecular formula is C6H9NO3. The summed E-state index contributed by atoms with van der Waals surface area (Å²) in [7, 11) is 1.61. The van der Waals surface area contributed by atoms with Gasteiger partial charge in [0.25, 0.3) is 0 Å². The molecule has 0 radical (unpaired) electrons. The topological polar surface area (TPSA) is 46.6 Å². The molecule has 1 rings (SSSR count). The number of nitrogens with zero attached hydrogens (tertiary/aromatic N) is 1. The fourth-order valence-electron chi connectivity index (χ4n) is 0.791. The predicted octanol–water partition coefficient (Wildman–Crippen LogP) is -0.262. The van der Waals surface area contributed by atoms with Crippen molar-refractivity contribution in [2.45, 2.75) is 19.6 Å². The molecule has 0 aromatic rings. The van der Waals surface area contributed by atoms with E-state index in [1.54, 1.807) is 7.05 Å². The first-order valence-corrected chi connectivity index (χ1v) is 3.04. The quantitative estimate of drug-likeness (QED) is 0.375. The minimum absolute atomic E-state index is 0.0197. The Labute approximate surface area is 58.8 Å². The van der Waals surface area contributed by atoms with E-state index in [4.69, 9.17) is 4.74 Å². The second-order valence-corrected chi connectivity index (χ2v) is 2.27. The first-order chi connectivity index (χ1) is 4.61. The highest BCUT2D eigenvalue weighted by atomic mass is 16.6. The zero-order chi connectivity index (χ0) is 7.72. The van der Waals surface area contributed by atoms with Crippen molar-refractivity contribution in [2.24, 2.45) is 0 Å². The molecule has 0 saturated carbocycles. The Morgan fingerprint density at radius 1 is 1.80 bits per heavy atom. The monoisotopic (exact) mass is 143 g/mol. The van der Waals surface area contributed by atoms with Gasteiger partial charge in [-0.3, -0.25) is 9.59 Å². The SMILES string of the molecule is CC(=O)OC1CC(=O)N1C. The summed E-state index contributed by atoms with van der Waals surface area (Å²) in [6.07, 6.45) is 0.0146. The molecule has 0 aromatic carbocycles. The van der Waals surface area contributed by atoms with E-state index in [0.29, 0.717) is 6.42 Å². The molecule has 10 heavy (non-hydrogen) atoms. The highest BCUT2D eigenvalue weighted by molar-refractivity contribution is 5.83. The Bertz CT molecular complexity index is 178. The molecule has 0 N–H and O–H groups in total. The maximum absolute atomic E-state index is 10.6. The van der Waals surface area contributed by atoms with Crippen LogP contribution in [0.25, 0.3) is 0 Å². The smallest absolute Gasteiger partial charge is 0.304 e. The maximum atomic E-state index is 10.6. The summed E-state index contributed by atoms with van der Waals surface area (Å²) >= 11 is 0. The van der Waals surface area contributed by atoms with Gasteiger partial charge in [-0.05, 0) is 0 Å². The van der Waals surface area contributed by atoms with Crippen LogP contribution in [0.5, 0.6) is 0 Å². The second kappa shape index (κ2) is 2.28. The Morgan fingerprint density at radius 2 is 2.40 bits per heavy atom. The van der Waals surface area contributed by atoms with Gasteiger partial charge in [0.15, 0.2) is 6.23 Å². The zero-order valence-electron chi connectivity index (χ0n) is 5.96. The van der Waals surface area contributed by atoms with Crippen LogP contribution >= 0.6 is 0 Å². The van der Waals surface area contributed by atoms with Crippen molar-refractivity contribution in [3.8, 4) is 0 Å². The van der Waals surface area contributed by atoms with Crippen molar-refractivity contribution in [3.05, 3.63) is 0 Å². The van der Waals surface area contributed by atoms with Gasteiger partial charge in [0, 0.05) is 14.0 Å². The van der Waals surface area contributed by atoms with E-state index in [9.17, 15) is 9.59 Å². The Hall–Kier alpha value is -1.06. The molecule has 56 valence electrons. The van der Waals surface area contributed by atoms with Crippen LogP contribution in [0, 0.1) is 0 Å². The molecule has 1 aliphatic rings. The molecule has 0 bridgehead atoms. The van der Waals surface area contributed by atoms with Crippen LogP contribution in [0.4, 0.5) is 0 Å². The van der Waals surface area contributed by atoms with E-state index in [1.807, 2.05) is 0 Å². The summed E-state index contributed by atoms with van der Waals surface area (Å²) in [5.74, 6) is -0.324. The van der Waals surface area contributed by atoms with Gasteiger partial charge in [0.2, 0.25) is 5.91 Å². The lowest BCUT2D eigenvalue weighted by Gasteiger charge is -2.35. The third-order valence-corrected chi connectivity index (χ3v) is 1.48. The molecule has 1 unspecified atom stereocenters. The summed E-state index contributed by atoms with van der Waals surface area (Å²) in [6.45, 7) is 1.33. The van der Waals surface area contributed by atoms with Gasteiger partial charge in [0.1, 0.15) is 0 Å². The largest absolute Gasteiger partial charge is 0.441 e. The summed E-state index contributed by atoms with van der Waals surface area (Å²) in [4.78, 5) is 22.3. The zero-order valence-corrected chi connectivity index (χ0v) is 5.96. The Balaban J connectivity index is 2.34. The first kappa shape index (κ1) is 7.05. The molecule has 1 heterocycles.